The topological polar surface area (TPSA) is 28.7 Å². The molecule has 3 rings (SSSR count). The second kappa shape index (κ2) is 5.12. The lowest BCUT2D eigenvalue weighted by atomic mass is 10.1. The van der Waals surface area contributed by atoms with Crippen molar-refractivity contribution in [1.29, 1.82) is 0 Å². The van der Waals surface area contributed by atoms with Crippen molar-refractivity contribution in [3.8, 4) is 21.8 Å². The van der Waals surface area contributed by atoms with Crippen LogP contribution in [-0.4, -0.2) is 9.97 Å². The molecule has 0 saturated carbocycles. The number of halogens is 2. The van der Waals surface area contributed by atoms with Gasteiger partial charge in [-0.15, -0.1) is 11.3 Å². The third-order valence-electron chi connectivity index (χ3n) is 2.77. The van der Waals surface area contributed by atoms with Crippen LogP contribution in [0.1, 0.15) is 5.82 Å². The molecule has 0 spiro atoms. The SMILES string of the molecule is Cc1nc(-c2ccccc2Cl)c(-c2ccc(Br)s2)[nH]1. The van der Waals surface area contributed by atoms with Crippen LogP contribution in [0.5, 0.6) is 0 Å². The number of imidazole rings is 1. The number of rotatable bonds is 2. The number of aryl methyl sites for hydroxylation is 1. The molecular weight excluding hydrogens is 344 g/mol. The van der Waals surface area contributed by atoms with E-state index in [0.717, 1.165) is 31.4 Å². The number of aromatic amines is 1. The van der Waals surface area contributed by atoms with Gasteiger partial charge >= 0.3 is 0 Å². The summed E-state index contributed by atoms with van der Waals surface area (Å²) in [6, 6.07) is 11.9. The molecule has 96 valence electrons. The minimum Gasteiger partial charge on any atom is -0.341 e. The van der Waals surface area contributed by atoms with Crippen molar-refractivity contribution in [2.45, 2.75) is 6.92 Å². The first-order valence-corrected chi connectivity index (χ1v) is 7.71. The second-order valence-corrected chi connectivity index (χ2v) is 7.00. The number of hydrogen-bond donors (Lipinski definition) is 1. The first-order valence-electron chi connectivity index (χ1n) is 5.72. The third-order valence-corrected chi connectivity index (χ3v) is 4.74. The Kier molecular flexibility index (Phi) is 3.48. The summed E-state index contributed by atoms with van der Waals surface area (Å²) in [5.74, 6) is 0.884. The predicted molar refractivity (Wildman–Crippen MR) is 84.8 cm³/mol. The summed E-state index contributed by atoms with van der Waals surface area (Å²) in [5.41, 5.74) is 2.87. The van der Waals surface area contributed by atoms with Crippen molar-refractivity contribution in [3.63, 3.8) is 0 Å². The van der Waals surface area contributed by atoms with Crippen LogP contribution in [0.4, 0.5) is 0 Å². The fourth-order valence-electron chi connectivity index (χ4n) is 1.97. The van der Waals surface area contributed by atoms with Crippen molar-refractivity contribution in [1.82, 2.24) is 9.97 Å². The Labute approximate surface area is 128 Å². The average molecular weight is 354 g/mol. The number of benzene rings is 1. The van der Waals surface area contributed by atoms with E-state index >= 15 is 0 Å². The molecule has 0 unspecified atom stereocenters. The van der Waals surface area contributed by atoms with Crippen LogP contribution in [-0.2, 0) is 0 Å². The van der Waals surface area contributed by atoms with Crippen LogP contribution >= 0.6 is 38.9 Å². The molecule has 5 heteroatoms. The second-order valence-electron chi connectivity index (χ2n) is 4.13. The molecular formula is C14H10BrClN2S. The van der Waals surface area contributed by atoms with Gasteiger partial charge in [0, 0.05) is 5.56 Å². The van der Waals surface area contributed by atoms with Crippen LogP contribution in [0.15, 0.2) is 40.2 Å². The van der Waals surface area contributed by atoms with Crippen molar-refractivity contribution in [2.75, 3.05) is 0 Å². The molecule has 0 radical (unpaired) electrons. The standard InChI is InChI=1S/C14H10BrClN2S/c1-8-17-13(9-4-2-3-5-10(9)16)14(18-8)11-6-7-12(15)19-11/h2-7H,1H3,(H,17,18). The molecule has 1 N–H and O–H groups in total. The van der Waals surface area contributed by atoms with Crippen molar-refractivity contribution >= 4 is 38.9 Å². The number of nitrogens with zero attached hydrogens (tertiary/aromatic N) is 1. The Morgan fingerprint density at radius 3 is 2.68 bits per heavy atom. The van der Waals surface area contributed by atoms with Gasteiger partial charge in [-0.05, 0) is 41.1 Å². The lowest BCUT2D eigenvalue weighted by Crippen LogP contribution is -1.82. The molecule has 0 fully saturated rings. The van der Waals surface area contributed by atoms with Crippen molar-refractivity contribution in [2.24, 2.45) is 0 Å². The predicted octanol–water partition coefficient (Wildman–Crippen LogP) is 5.53. The molecule has 0 atom stereocenters. The molecule has 2 aromatic heterocycles. The average Bonchev–Trinajstić information content (AvgIpc) is 2.96. The van der Waals surface area contributed by atoms with E-state index in [-0.39, 0.29) is 0 Å². The molecule has 0 bridgehead atoms. The Morgan fingerprint density at radius 1 is 1.21 bits per heavy atom. The normalized spacial score (nSPS) is 10.9. The van der Waals surface area contributed by atoms with Gasteiger partial charge in [0.15, 0.2) is 0 Å². The van der Waals surface area contributed by atoms with E-state index in [2.05, 4.69) is 32.0 Å². The zero-order valence-corrected chi connectivity index (χ0v) is 13.2. The van der Waals surface area contributed by atoms with E-state index < -0.39 is 0 Å². The molecule has 2 nitrogen and oxygen atoms in total. The zero-order chi connectivity index (χ0) is 13.4. The summed E-state index contributed by atoms with van der Waals surface area (Å²) < 4.78 is 1.10. The van der Waals surface area contributed by atoms with Crippen molar-refractivity contribution < 1.29 is 0 Å². The summed E-state index contributed by atoms with van der Waals surface area (Å²) in [6.07, 6.45) is 0. The Bertz CT molecular complexity index is 733. The summed E-state index contributed by atoms with van der Waals surface area (Å²) >= 11 is 11.4. The monoisotopic (exact) mass is 352 g/mol. The van der Waals surface area contributed by atoms with Crippen molar-refractivity contribution in [3.05, 3.63) is 51.0 Å². The Morgan fingerprint density at radius 2 is 2.00 bits per heavy atom. The maximum Gasteiger partial charge on any atom is 0.104 e. The summed E-state index contributed by atoms with van der Waals surface area (Å²) in [5, 5.41) is 0.714. The number of hydrogen-bond acceptors (Lipinski definition) is 2. The maximum absolute atomic E-state index is 6.27. The van der Waals surface area contributed by atoms with E-state index in [0.29, 0.717) is 5.02 Å². The van der Waals surface area contributed by atoms with E-state index in [1.54, 1.807) is 11.3 Å². The highest BCUT2D eigenvalue weighted by Crippen LogP contribution is 2.38. The quantitative estimate of drug-likeness (QED) is 0.644. The Balaban J connectivity index is 2.20. The van der Waals surface area contributed by atoms with Gasteiger partial charge in [0.05, 0.1) is 25.1 Å². The minimum atomic E-state index is 0.714. The van der Waals surface area contributed by atoms with Gasteiger partial charge in [-0.25, -0.2) is 4.98 Å². The first-order chi connectivity index (χ1) is 9.15. The highest BCUT2D eigenvalue weighted by molar-refractivity contribution is 9.11. The number of thiophene rings is 1. The Hall–Kier alpha value is -1.10. The van der Waals surface area contributed by atoms with Gasteiger partial charge in [-0.2, -0.15) is 0 Å². The highest BCUT2D eigenvalue weighted by atomic mass is 79.9. The minimum absolute atomic E-state index is 0.714. The van der Waals surface area contributed by atoms with Gasteiger partial charge in [0.25, 0.3) is 0 Å². The fraction of sp³-hybridized carbons (Fsp3) is 0.0714. The van der Waals surface area contributed by atoms with E-state index in [9.17, 15) is 0 Å². The van der Waals surface area contributed by atoms with Crippen LogP contribution in [0.25, 0.3) is 21.8 Å². The summed E-state index contributed by atoms with van der Waals surface area (Å²) in [4.78, 5) is 9.04. The smallest absolute Gasteiger partial charge is 0.104 e. The van der Waals surface area contributed by atoms with E-state index in [4.69, 9.17) is 11.6 Å². The van der Waals surface area contributed by atoms with Crippen LogP contribution in [0.3, 0.4) is 0 Å². The van der Waals surface area contributed by atoms with Gasteiger partial charge in [0.2, 0.25) is 0 Å². The van der Waals surface area contributed by atoms with Gasteiger partial charge in [0.1, 0.15) is 5.82 Å². The summed E-state index contributed by atoms with van der Waals surface area (Å²) in [6.45, 7) is 1.95. The molecule has 0 aliphatic carbocycles. The largest absolute Gasteiger partial charge is 0.341 e. The number of nitrogens with one attached hydrogen (secondary N) is 1. The van der Waals surface area contributed by atoms with Crippen LogP contribution in [0.2, 0.25) is 5.02 Å². The highest BCUT2D eigenvalue weighted by Gasteiger charge is 2.15. The third kappa shape index (κ3) is 2.48. The van der Waals surface area contributed by atoms with Crippen LogP contribution < -0.4 is 0 Å². The van der Waals surface area contributed by atoms with E-state index in [1.807, 2.05) is 37.3 Å². The lowest BCUT2D eigenvalue weighted by molar-refractivity contribution is 1.15. The molecule has 1 aromatic carbocycles. The molecule has 3 aromatic rings. The van der Waals surface area contributed by atoms with Gasteiger partial charge in [-0.3, -0.25) is 0 Å². The zero-order valence-electron chi connectivity index (χ0n) is 10.1. The van der Waals surface area contributed by atoms with E-state index in [1.165, 1.54) is 0 Å². The van der Waals surface area contributed by atoms with Crippen LogP contribution in [0, 0.1) is 6.92 Å². The molecule has 0 amide bonds. The first kappa shape index (κ1) is 12.9. The molecule has 0 aliphatic heterocycles. The molecule has 19 heavy (non-hydrogen) atoms. The van der Waals surface area contributed by atoms with Gasteiger partial charge < -0.3 is 4.98 Å². The molecule has 0 aliphatic rings. The lowest BCUT2D eigenvalue weighted by Gasteiger charge is -2.03. The molecule has 0 saturated heterocycles. The number of H-pyrrole nitrogens is 1. The fourth-order valence-corrected chi connectivity index (χ4v) is 3.58. The summed E-state index contributed by atoms with van der Waals surface area (Å²) in [7, 11) is 0. The van der Waals surface area contributed by atoms with Gasteiger partial charge in [-0.1, -0.05) is 29.8 Å². The number of aromatic nitrogens is 2. The molecule has 2 heterocycles. The maximum atomic E-state index is 6.27.